The number of carbonyl (C=O) groups is 4. The van der Waals surface area contributed by atoms with Gasteiger partial charge in [-0.1, -0.05) is 0 Å². The molecule has 64 valence electrons. The zero-order chi connectivity index (χ0) is 9.14. The van der Waals surface area contributed by atoms with Gasteiger partial charge in [0.15, 0.2) is 0 Å². The van der Waals surface area contributed by atoms with E-state index in [0.29, 0.717) is 4.90 Å². The molecule has 3 amide bonds. The summed E-state index contributed by atoms with van der Waals surface area (Å²) in [6.07, 6.45) is -1.24. The van der Waals surface area contributed by atoms with E-state index < -0.39 is 17.9 Å². The Kier molecular flexibility index (Phi) is 2.18. The van der Waals surface area contributed by atoms with Gasteiger partial charge in [-0.3, -0.25) is 14.4 Å². The Balaban J connectivity index is 2.72. The van der Waals surface area contributed by atoms with Gasteiger partial charge in [0.05, 0.1) is 0 Å². The van der Waals surface area contributed by atoms with Crippen LogP contribution in [0.1, 0.15) is 12.8 Å². The molecule has 1 rings (SSSR count). The van der Waals surface area contributed by atoms with Gasteiger partial charge in [-0.25, -0.2) is 4.79 Å². The van der Waals surface area contributed by atoms with E-state index in [4.69, 9.17) is 0 Å². The first-order valence-corrected chi connectivity index (χ1v) is 3.17. The van der Waals surface area contributed by atoms with Crippen LogP contribution in [0.2, 0.25) is 0 Å². The highest BCUT2D eigenvalue weighted by Gasteiger charge is 2.35. The third-order valence-electron chi connectivity index (χ3n) is 1.38. The molecule has 1 aliphatic heterocycles. The molecule has 0 bridgehead atoms. The lowest BCUT2D eigenvalue weighted by Gasteiger charge is -2.07. The number of hydrogen-bond acceptors (Lipinski definition) is 5. The first-order chi connectivity index (χ1) is 5.66. The van der Waals surface area contributed by atoms with Gasteiger partial charge >= 0.3 is 12.6 Å². The highest BCUT2D eigenvalue weighted by molar-refractivity contribution is 6.13. The van der Waals surface area contributed by atoms with Gasteiger partial charge in [0.25, 0.3) is 0 Å². The lowest BCUT2D eigenvalue weighted by molar-refractivity contribution is -0.137. The van der Waals surface area contributed by atoms with E-state index in [2.05, 4.69) is 4.74 Å². The van der Waals surface area contributed by atoms with Crippen LogP contribution in [0, 0.1) is 0 Å². The molecule has 0 aromatic heterocycles. The molecule has 0 N–H and O–H groups in total. The fourth-order valence-electron chi connectivity index (χ4n) is 0.874. The van der Waals surface area contributed by atoms with Crippen LogP contribution >= 0.6 is 0 Å². The monoisotopic (exact) mass is 171 g/mol. The fourth-order valence-corrected chi connectivity index (χ4v) is 0.874. The lowest BCUT2D eigenvalue weighted by atomic mass is 10.4. The topological polar surface area (TPSA) is 80.8 Å². The van der Waals surface area contributed by atoms with Crippen molar-refractivity contribution in [1.29, 1.82) is 0 Å². The van der Waals surface area contributed by atoms with Crippen molar-refractivity contribution in [3.05, 3.63) is 0 Å². The van der Waals surface area contributed by atoms with Gasteiger partial charge in [-0.05, 0) is 0 Å². The second-order valence-electron chi connectivity index (χ2n) is 2.10. The van der Waals surface area contributed by atoms with E-state index in [-0.39, 0.29) is 19.3 Å². The molecule has 0 aliphatic carbocycles. The number of ether oxygens (including phenoxy) is 1. The minimum Gasteiger partial charge on any atom is -0.378 e. The SMILES string of the molecule is O=COC(=O)N1C(=O)CCC1=O. The second-order valence-corrected chi connectivity index (χ2v) is 2.10. The average molecular weight is 171 g/mol. The summed E-state index contributed by atoms with van der Waals surface area (Å²) in [5.41, 5.74) is 0. The average Bonchev–Trinajstić information content (AvgIpc) is 2.32. The molecular formula is C6H5NO5. The standard InChI is InChI=1S/C6H5NO5/c8-3-12-6(11)7-4(9)1-2-5(7)10/h3H,1-2H2. The molecule has 1 aliphatic rings. The van der Waals surface area contributed by atoms with Crippen molar-refractivity contribution >= 4 is 24.4 Å². The Morgan fingerprint density at radius 2 is 1.83 bits per heavy atom. The summed E-state index contributed by atoms with van der Waals surface area (Å²) in [6.45, 7) is -0.124. The van der Waals surface area contributed by atoms with Crippen LogP contribution in [0.3, 0.4) is 0 Å². The highest BCUT2D eigenvalue weighted by atomic mass is 16.6. The van der Waals surface area contributed by atoms with Crippen LogP contribution in [0.4, 0.5) is 4.79 Å². The van der Waals surface area contributed by atoms with Crippen molar-refractivity contribution in [3.63, 3.8) is 0 Å². The molecule has 1 fully saturated rings. The quantitative estimate of drug-likeness (QED) is 0.299. The molecule has 0 unspecified atom stereocenters. The van der Waals surface area contributed by atoms with E-state index in [1.54, 1.807) is 0 Å². The number of nitrogens with zero attached hydrogens (tertiary/aromatic N) is 1. The number of carbonyl (C=O) groups excluding carboxylic acids is 4. The zero-order valence-corrected chi connectivity index (χ0v) is 5.98. The lowest BCUT2D eigenvalue weighted by Crippen LogP contribution is -2.35. The van der Waals surface area contributed by atoms with Crippen molar-refractivity contribution in [3.8, 4) is 0 Å². The Bertz CT molecular complexity index is 243. The summed E-state index contributed by atoms with van der Waals surface area (Å²) in [6, 6.07) is 0. The number of hydrogen-bond donors (Lipinski definition) is 0. The van der Waals surface area contributed by atoms with E-state index in [0.717, 1.165) is 0 Å². The largest absolute Gasteiger partial charge is 0.431 e. The summed E-state index contributed by atoms with van der Waals surface area (Å²) in [4.78, 5) is 42.3. The Morgan fingerprint density at radius 1 is 1.33 bits per heavy atom. The molecule has 0 saturated carbocycles. The van der Waals surface area contributed by atoms with Gasteiger partial charge in [-0.2, -0.15) is 4.90 Å². The number of amides is 3. The maximum absolute atomic E-state index is 10.8. The van der Waals surface area contributed by atoms with Gasteiger partial charge in [0.2, 0.25) is 11.8 Å². The molecule has 6 nitrogen and oxygen atoms in total. The number of rotatable bonds is 1. The summed E-state index contributed by atoms with van der Waals surface area (Å²) < 4.78 is 3.83. The second kappa shape index (κ2) is 3.12. The fraction of sp³-hybridized carbons (Fsp3) is 0.333. The van der Waals surface area contributed by atoms with Crippen molar-refractivity contribution in [1.82, 2.24) is 4.90 Å². The molecule has 1 saturated heterocycles. The van der Waals surface area contributed by atoms with Crippen molar-refractivity contribution in [2.45, 2.75) is 12.8 Å². The molecule has 0 atom stereocenters. The van der Waals surface area contributed by atoms with E-state index >= 15 is 0 Å². The third kappa shape index (κ3) is 1.31. The highest BCUT2D eigenvalue weighted by Crippen LogP contribution is 2.12. The van der Waals surface area contributed by atoms with E-state index in [1.165, 1.54) is 0 Å². The smallest absolute Gasteiger partial charge is 0.378 e. The Labute approximate surface area is 67.1 Å². The minimum atomic E-state index is -1.22. The van der Waals surface area contributed by atoms with Crippen LogP contribution < -0.4 is 0 Å². The molecule has 0 radical (unpaired) electrons. The minimum absolute atomic E-state index is 0.00715. The third-order valence-corrected chi connectivity index (χ3v) is 1.38. The predicted octanol–water partition coefficient (Wildman–Crippen LogP) is -0.572. The van der Waals surface area contributed by atoms with E-state index in [9.17, 15) is 19.2 Å². The van der Waals surface area contributed by atoms with Crippen LogP contribution in [-0.4, -0.2) is 29.3 Å². The van der Waals surface area contributed by atoms with E-state index in [1.807, 2.05) is 0 Å². The van der Waals surface area contributed by atoms with Crippen LogP contribution in [0.25, 0.3) is 0 Å². The first kappa shape index (κ1) is 8.38. The first-order valence-electron chi connectivity index (χ1n) is 3.17. The van der Waals surface area contributed by atoms with Crippen LogP contribution in [-0.2, 0) is 19.1 Å². The zero-order valence-electron chi connectivity index (χ0n) is 5.98. The molecule has 0 aromatic carbocycles. The van der Waals surface area contributed by atoms with Crippen molar-refractivity contribution in [2.75, 3.05) is 0 Å². The van der Waals surface area contributed by atoms with Crippen LogP contribution in [0.5, 0.6) is 0 Å². The van der Waals surface area contributed by atoms with Gasteiger partial charge in [-0.15, -0.1) is 0 Å². The molecule has 1 heterocycles. The summed E-state index contributed by atoms with van der Waals surface area (Å²) in [5.74, 6) is -1.27. The maximum Gasteiger partial charge on any atom is 0.431 e. The molecule has 6 heteroatoms. The molecular weight excluding hydrogens is 166 g/mol. The summed E-state index contributed by atoms with van der Waals surface area (Å²) in [5, 5.41) is 0. The van der Waals surface area contributed by atoms with Gasteiger partial charge < -0.3 is 4.74 Å². The predicted molar refractivity (Wildman–Crippen MR) is 33.6 cm³/mol. The number of likely N-dealkylation sites (tertiary alicyclic amines) is 1. The molecule has 12 heavy (non-hydrogen) atoms. The van der Waals surface area contributed by atoms with Gasteiger partial charge in [0, 0.05) is 12.8 Å². The normalized spacial score (nSPS) is 16.5. The number of imide groups is 3. The molecule has 0 aromatic rings. The van der Waals surface area contributed by atoms with Crippen LogP contribution in [0.15, 0.2) is 0 Å². The molecule has 0 spiro atoms. The van der Waals surface area contributed by atoms with Crippen molar-refractivity contribution in [2.24, 2.45) is 0 Å². The Morgan fingerprint density at radius 3 is 2.25 bits per heavy atom. The maximum atomic E-state index is 10.8. The van der Waals surface area contributed by atoms with Crippen molar-refractivity contribution < 1.29 is 23.9 Å². The summed E-state index contributed by atoms with van der Waals surface area (Å²) >= 11 is 0. The summed E-state index contributed by atoms with van der Waals surface area (Å²) in [7, 11) is 0. The van der Waals surface area contributed by atoms with Gasteiger partial charge in [0.1, 0.15) is 0 Å². The Hall–Kier alpha value is -1.72.